The zero-order chi connectivity index (χ0) is 13.4. The molecule has 3 heteroatoms. The van der Waals surface area contributed by atoms with Crippen LogP contribution in [0, 0.1) is 0 Å². The first-order valence-electron chi connectivity index (χ1n) is 5.82. The molecule has 0 aliphatic carbocycles. The number of carboxylic acid groups (broad SMARTS) is 1. The largest absolute Gasteiger partial charge is 0.478 e. The molecule has 1 aliphatic rings. The second-order valence-electron chi connectivity index (χ2n) is 4.00. The van der Waals surface area contributed by atoms with Crippen molar-refractivity contribution in [3.8, 4) is 0 Å². The molecule has 1 heterocycles. The van der Waals surface area contributed by atoms with E-state index in [1.807, 2.05) is 36.4 Å². The molecule has 18 heavy (non-hydrogen) atoms. The zero-order valence-electron chi connectivity index (χ0n) is 10.5. The molecule has 1 N–H and O–H groups in total. The average molecular weight is 246 g/mol. The minimum Gasteiger partial charge on any atom is -0.478 e. The molecule has 0 amide bonds. The van der Waals surface area contributed by atoms with Gasteiger partial charge in [-0.25, -0.2) is 4.79 Å². The lowest BCUT2D eigenvalue weighted by Crippen LogP contribution is -1.96. The molecular formula is C15H18O3. The van der Waals surface area contributed by atoms with Crippen LogP contribution in [-0.4, -0.2) is 23.8 Å². The number of hydrogen-bond acceptors (Lipinski definition) is 2. The Balaban J connectivity index is 0.000000184. The minimum absolute atomic E-state index is 0.286. The maximum Gasteiger partial charge on any atom is 0.330 e. The lowest BCUT2D eigenvalue weighted by atomic mass is 10.2. The number of ether oxygens (including phenoxy) is 1. The third kappa shape index (κ3) is 6.01. The highest BCUT2D eigenvalue weighted by atomic mass is 16.6. The topological polar surface area (TPSA) is 49.8 Å². The number of epoxide rings is 1. The number of aliphatic carboxylic acids is 1. The van der Waals surface area contributed by atoms with Crippen LogP contribution in [0.4, 0.5) is 0 Å². The Morgan fingerprint density at radius 3 is 2.50 bits per heavy atom. The first kappa shape index (κ1) is 14.2. The van der Waals surface area contributed by atoms with Gasteiger partial charge in [0, 0.05) is 5.57 Å². The van der Waals surface area contributed by atoms with Crippen molar-refractivity contribution >= 4 is 12.0 Å². The molecule has 3 nitrogen and oxygen atoms in total. The van der Waals surface area contributed by atoms with Gasteiger partial charge in [-0.05, 0) is 18.9 Å². The summed E-state index contributed by atoms with van der Waals surface area (Å²) in [7, 11) is 0. The predicted octanol–water partition coefficient (Wildman–Crippen LogP) is 3.14. The van der Waals surface area contributed by atoms with Gasteiger partial charge in [-0.15, -0.1) is 0 Å². The van der Waals surface area contributed by atoms with Crippen molar-refractivity contribution in [3.63, 3.8) is 0 Å². The van der Waals surface area contributed by atoms with Crippen LogP contribution in [0.5, 0.6) is 0 Å². The molecule has 1 aromatic rings. The van der Waals surface area contributed by atoms with E-state index in [1.54, 1.807) is 13.0 Å². The van der Waals surface area contributed by atoms with Gasteiger partial charge in [-0.3, -0.25) is 0 Å². The predicted molar refractivity (Wildman–Crippen MR) is 72.3 cm³/mol. The van der Waals surface area contributed by atoms with Crippen molar-refractivity contribution in [3.05, 3.63) is 54.1 Å². The van der Waals surface area contributed by atoms with Gasteiger partial charge in [0.05, 0.1) is 12.7 Å². The zero-order valence-corrected chi connectivity index (χ0v) is 10.5. The fourth-order valence-electron chi connectivity index (χ4n) is 1.19. The third-order valence-electron chi connectivity index (χ3n) is 2.46. The quantitative estimate of drug-likeness (QED) is 0.656. The van der Waals surface area contributed by atoms with E-state index in [0.29, 0.717) is 5.57 Å². The summed E-state index contributed by atoms with van der Waals surface area (Å²) in [6, 6.07) is 10.0. The summed E-state index contributed by atoms with van der Waals surface area (Å²) >= 11 is 0. The molecule has 1 aromatic carbocycles. The number of rotatable bonds is 4. The molecule has 0 saturated carbocycles. The van der Waals surface area contributed by atoms with Crippen molar-refractivity contribution in [1.82, 2.24) is 0 Å². The van der Waals surface area contributed by atoms with Gasteiger partial charge < -0.3 is 9.84 Å². The molecule has 1 aliphatic heterocycles. The molecule has 1 saturated heterocycles. The minimum atomic E-state index is -0.847. The van der Waals surface area contributed by atoms with Gasteiger partial charge in [0.2, 0.25) is 0 Å². The van der Waals surface area contributed by atoms with Crippen molar-refractivity contribution < 1.29 is 14.6 Å². The summed E-state index contributed by atoms with van der Waals surface area (Å²) in [5.41, 5.74) is 1.57. The smallest absolute Gasteiger partial charge is 0.330 e. The van der Waals surface area contributed by atoms with Gasteiger partial charge in [0.25, 0.3) is 0 Å². The van der Waals surface area contributed by atoms with Crippen molar-refractivity contribution in [2.75, 3.05) is 6.61 Å². The number of carboxylic acids is 1. The van der Waals surface area contributed by atoms with Gasteiger partial charge in [0.1, 0.15) is 0 Å². The fourth-order valence-corrected chi connectivity index (χ4v) is 1.19. The van der Waals surface area contributed by atoms with E-state index in [9.17, 15) is 4.79 Å². The van der Waals surface area contributed by atoms with Crippen molar-refractivity contribution in [2.24, 2.45) is 0 Å². The Morgan fingerprint density at radius 2 is 2.11 bits per heavy atom. The summed E-state index contributed by atoms with van der Waals surface area (Å²) in [6.45, 7) is 6.00. The van der Waals surface area contributed by atoms with Gasteiger partial charge >= 0.3 is 5.97 Å². The van der Waals surface area contributed by atoms with E-state index >= 15 is 0 Å². The Bertz CT molecular complexity index is 417. The van der Waals surface area contributed by atoms with Gasteiger partial charge in [-0.2, -0.15) is 0 Å². The van der Waals surface area contributed by atoms with Crippen LogP contribution in [0.3, 0.4) is 0 Å². The van der Waals surface area contributed by atoms with E-state index in [0.717, 1.165) is 13.0 Å². The van der Waals surface area contributed by atoms with Crippen LogP contribution in [0.15, 0.2) is 48.6 Å². The van der Waals surface area contributed by atoms with Crippen LogP contribution in [0.1, 0.15) is 18.9 Å². The van der Waals surface area contributed by atoms with Crippen LogP contribution in [-0.2, 0) is 9.53 Å². The van der Waals surface area contributed by atoms with Crippen molar-refractivity contribution in [1.29, 1.82) is 0 Å². The summed E-state index contributed by atoms with van der Waals surface area (Å²) in [6.07, 6.45) is 4.55. The first-order valence-corrected chi connectivity index (χ1v) is 5.82. The molecular weight excluding hydrogens is 228 g/mol. The van der Waals surface area contributed by atoms with E-state index in [1.165, 1.54) is 5.56 Å². The molecule has 1 atom stereocenters. The summed E-state index contributed by atoms with van der Waals surface area (Å²) in [5, 5.41) is 8.41. The molecule has 1 fully saturated rings. The fraction of sp³-hybridized carbons (Fsp3) is 0.267. The number of hydrogen-bond donors (Lipinski definition) is 1. The molecule has 0 bridgehead atoms. The molecule has 0 aromatic heterocycles. The van der Waals surface area contributed by atoms with Crippen LogP contribution >= 0.6 is 0 Å². The SMILES string of the molecule is C=Cc1ccccc1.CC(=CCC1CO1)C(=O)O. The van der Waals surface area contributed by atoms with E-state index in [4.69, 9.17) is 9.84 Å². The molecule has 0 spiro atoms. The summed E-state index contributed by atoms with van der Waals surface area (Å²) < 4.78 is 4.90. The molecule has 2 rings (SSSR count). The van der Waals surface area contributed by atoms with Crippen molar-refractivity contribution in [2.45, 2.75) is 19.4 Å². The third-order valence-corrected chi connectivity index (χ3v) is 2.46. The molecule has 1 unspecified atom stereocenters. The maximum absolute atomic E-state index is 10.2. The average Bonchev–Trinajstić information content (AvgIpc) is 3.21. The standard InChI is InChI=1S/C8H8.C7H10O3/c1-2-8-6-4-3-5-7-8;1-5(7(8)9)2-3-6-4-10-6/h2-7H,1H2;2,6H,3-4H2,1H3,(H,8,9). The lowest BCUT2D eigenvalue weighted by molar-refractivity contribution is -0.132. The number of benzene rings is 1. The molecule has 0 radical (unpaired) electrons. The Kier molecular flexibility index (Phi) is 5.88. The summed E-state index contributed by atoms with van der Waals surface area (Å²) in [4.78, 5) is 10.2. The first-order chi connectivity index (χ1) is 8.63. The van der Waals surface area contributed by atoms with Crippen LogP contribution in [0.25, 0.3) is 6.08 Å². The number of carbonyl (C=O) groups is 1. The monoisotopic (exact) mass is 246 g/mol. The lowest BCUT2D eigenvalue weighted by Gasteiger charge is -1.89. The maximum atomic E-state index is 10.2. The highest BCUT2D eigenvalue weighted by Gasteiger charge is 2.20. The second-order valence-corrected chi connectivity index (χ2v) is 4.00. The normalized spacial score (nSPS) is 17.4. The van der Waals surface area contributed by atoms with Crippen LogP contribution < -0.4 is 0 Å². The highest BCUT2D eigenvalue weighted by molar-refractivity contribution is 5.85. The van der Waals surface area contributed by atoms with Gasteiger partial charge in [0.15, 0.2) is 0 Å². The van der Waals surface area contributed by atoms with Gasteiger partial charge in [-0.1, -0.05) is 49.1 Å². The molecule has 96 valence electrons. The van der Waals surface area contributed by atoms with Crippen LogP contribution in [0.2, 0.25) is 0 Å². The van der Waals surface area contributed by atoms with E-state index < -0.39 is 5.97 Å². The highest BCUT2D eigenvalue weighted by Crippen LogP contribution is 2.14. The second kappa shape index (κ2) is 7.45. The Hall–Kier alpha value is -1.87. The Labute approximate surface area is 107 Å². The van der Waals surface area contributed by atoms with E-state index in [-0.39, 0.29) is 6.10 Å². The summed E-state index contributed by atoms with van der Waals surface area (Å²) in [5.74, 6) is -0.847. The Morgan fingerprint density at radius 1 is 1.50 bits per heavy atom. The van der Waals surface area contributed by atoms with E-state index in [2.05, 4.69) is 6.58 Å².